The quantitative estimate of drug-likeness (QED) is 0.0178. The first-order valence-electron chi connectivity index (χ1n) is 44.8. The van der Waals surface area contributed by atoms with Crippen LogP contribution in [-0.2, 0) is 40.0 Å². The van der Waals surface area contributed by atoms with E-state index in [-0.39, 0.29) is 58.0 Å². The number of aliphatic hydroxyl groups is 4. The zero-order valence-corrected chi connectivity index (χ0v) is 79.5. The maximum Gasteiger partial charge on any atom is 0.416 e. The van der Waals surface area contributed by atoms with Crippen molar-refractivity contribution in [3.8, 4) is 40.2 Å². The summed E-state index contributed by atoms with van der Waals surface area (Å²) in [4.78, 5) is 85.8. The molecule has 138 heavy (non-hydrogen) atoms. The van der Waals surface area contributed by atoms with Crippen molar-refractivity contribution in [2.75, 3.05) is 86.1 Å². The number of aromatic amines is 4. The Morgan fingerprint density at radius 1 is 0.391 bits per heavy atom. The smallest absolute Gasteiger partial charge is 0.416 e. The Labute approximate surface area is 820 Å². The highest BCUT2D eigenvalue weighted by atomic mass is 35.5. The summed E-state index contributed by atoms with van der Waals surface area (Å²) >= 11 is 31.0. The molecular weight excluding hydrogens is 1870 g/mol. The molecule has 0 bridgehead atoms. The fourth-order valence-electron chi connectivity index (χ4n) is 17.5. The molecule has 0 saturated carbocycles. The van der Waals surface area contributed by atoms with Gasteiger partial charge in [-0.1, -0.05) is 151 Å². The van der Waals surface area contributed by atoms with Gasteiger partial charge in [-0.25, -0.2) is 23.6 Å². The van der Waals surface area contributed by atoms with Gasteiger partial charge in [-0.05, 0) is 259 Å². The zero-order chi connectivity index (χ0) is 97.1. The molecule has 1 unspecified atom stereocenters. The van der Waals surface area contributed by atoms with Gasteiger partial charge in [0, 0.05) is 129 Å². The van der Waals surface area contributed by atoms with Crippen LogP contribution in [-0.4, -0.2) is 176 Å². The molecule has 0 radical (unpaired) electrons. The number of carbonyl (C=O) groups excluding carboxylic acids is 5. The number of nitrogens with zero attached hydrogens (tertiary/aromatic N) is 4. The number of esters is 1. The fourth-order valence-corrected chi connectivity index (χ4v) is 18.3. The number of fused-ring (bicyclic) bond motifs is 12. The highest BCUT2D eigenvalue weighted by molar-refractivity contribution is 6.33. The lowest BCUT2D eigenvalue weighted by Gasteiger charge is -2.35. The summed E-state index contributed by atoms with van der Waals surface area (Å²) in [5, 5.41) is 45.5. The third kappa shape index (κ3) is 21.9. The number of hydrogen-bond acceptors (Lipinski definition) is 17. The fraction of sp³-hybridized carbons (Fsp3) is 0.243. The molecule has 0 fully saturated rings. The van der Waals surface area contributed by atoms with Crippen molar-refractivity contribution in [1.29, 1.82) is 0 Å². The maximum atomic E-state index is 13.4. The van der Waals surface area contributed by atoms with Gasteiger partial charge in [0.25, 0.3) is 0 Å². The van der Waals surface area contributed by atoms with Crippen LogP contribution in [0.15, 0.2) is 261 Å². The number of halogens is 6. The second kappa shape index (κ2) is 43.5. The zero-order valence-electron chi connectivity index (χ0n) is 75.7. The molecule has 4 aromatic heterocycles. The SMILES string of the molecule is C=CCOc1ccc([C@@H]2c3[nH]c4ccc(Cl)cc4c3CCN2C(=O)Oc2ccc(Cl)cc2)cc1.CC(CO)(CO)COc1ccc([C@H]2c3[nH]c4ccc(Cl)cc4c3CCN2C(=O)Oc2ccc(F)cc2)cc1.CC(CO)(CO)COc1ccc([C@H]2c3[nH]c4ccc(Cl)cc4c3CCN2C(=O)Oc2ccccc2)cc1.CCOC(=O)C(=O)N1CCc2c([nH]c3ccc(Cl)cc23)C1c1ccc(OC)cc1. The van der Waals surface area contributed by atoms with Crippen molar-refractivity contribution in [2.45, 2.75) is 70.6 Å². The van der Waals surface area contributed by atoms with Gasteiger partial charge in [0.05, 0.1) is 59.4 Å². The minimum Gasteiger partial charge on any atom is -0.497 e. The average Bonchev–Trinajstić information content (AvgIpc) is 1.60. The predicted molar refractivity (Wildman–Crippen MR) is 530 cm³/mol. The van der Waals surface area contributed by atoms with E-state index in [4.69, 9.17) is 95.9 Å². The van der Waals surface area contributed by atoms with Gasteiger partial charge in [0.15, 0.2) is 0 Å². The monoisotopic (exact) mass is 1960 g/mol. The summed E-state index contributed by atoms with van der Waals surface area (Å²) in [6, 6.07) is 72.4. The highest BCUT2D eigenvalue weighted by Gasteiger charge is 2.42. The van der Waals surface area contributed by atoms with Crippen molar-refractivity contribution in [2.24, 2.45) is 10.8 Å². The Balaban J connectivity index is 0.000000134. The van der Waals surface area contributed by atoms with Crippen LogP contribution in [0, 0.1) is 16.6 Å². The molecule has 4 aliphatic rings. The standard InChI is InChI=1S/C29H28ClFN2O5.C29H29ClN2O5.C27H22Cl2N2O3.C22H21ClN2O4/c1-29(15-34,16-35)17-37-21-7-2-18(3-8-21)27-26-23(24-14-19(30)4-11-25(24)32-26)12-13-33(27)28(36)38-22-9-5-20(31)6-10-22;1-29(16-33,17-34)18-36-21-10-7-19(8-11-21)27-26-23(24-15-20(30)9-12-25(24)31-26)13-14-32(27)28(35)37-22-5-3-2-4-6-22;1-2-15-33-20-8-3-17(4-9-20)26-25-22(23-16-19(29)7-12-24(23)30-25)13-14-31(26)27(32)34-21-10-5-18(28)6-11-21;1-3-29-22(27)21(26)25-11-10-16-17-12-14(23)6-9-18(17)24-19(16)20(25)13-4-7-15(28-2)8-5-13/h2-11,14,27,32,34-35H,12-13,15-17H2,1H3;2-12,15,27,31,33-34H,13-14,16-18H2,1H3;2-12,16,26,30H,1,13-15H2;4-9,12,20,24H,3,10-11H2,1-2H3/t2*27-;26-;/m001./s1. The van der Waals surface area contributed by atoms with E-state index in [0.29, 0.717) is 107 Å². The molecule has 712 valence electrons. The molecule has 19 rings (SSSR count). The number of para-hydroxylation sites is 1. The van der Waals surface area contributed by atoms with Gasteiger partial charge in [0.1, 0.15) is 70.8 Å². The minimum absolute atomic E-state index is 0.145. The highest BCUT2D eigenvalue weighted by Crippen LogP contribution is 2.46. The summed E-state index contributed by atoms with van der Waals surface area (Å²) in [6.07, 6.45) is 2.86. The molecular formula is C107H100Cl5FN8O17. The van der Waals surface area contributed by atoms with E-state index >= 15 is 0 Å². The molecule has 31 heteroatoms. The lowest BCUT2D eigenvalue weighted by Crippen LogP contribution is -2.44. The number of hydrogen-bond donors (Lipinski definition) is 8. The topological polar surface area (TPSA) is 316 Å². The van der Waals surface area contributed by atoms with Crippen molar-refractivity contribution in [3.63, 3.8) is 0 Å². The van der Waals surface area contributed by atoms with Gasteiger partial charge in [-0.15, -0.1) is 0 Å². The molecule has 15 aromatic rings. The lowest BCUT2D eigenvalue weighted by molar-refractivity contribution is -0.161. The summed E-state index contributed by atoms with van der Waals surface area (Å²) in [5.74, 6) is 1.91. The van der Waals surface area contributed by atoms with Gasteiger partial charge >= 0.3 is 30.2 Å². The second-order valence-electron chi connectivity index (χ2n) is 34.5. The average molecular weight is 1970 g/mol. The molecule has 4 aliphatic heterocycles. The predicted octanol–water partition coefficient (Wildman–Crippen LogP) is 21.9. The van der Waals surface area contributed by atoms with Crippen LogP contribution >= 0.6 is 58.0 Å². The van der Waals surface area contributed by atoms with Crippen LogP contribution < -0.4 is 33.2 Å². The number of rotatable bonds is 22. The van der Waals surface area contributed by atoms with Crippen molar-refractivity contribution in [3.05, 3.63) is 360 Å². The van der Waals surface area contributed by atoms with Crippen LogP contribution in [0.2, 0.25) is 25.1 Å². The first-order valence-corrected chi connectivity index (χ1v) is 46.7. The van der Waals surface area contributed by atoms with Gasteiger partial charge in [-0.3, -0.25) is 19.5 Å². The van der Waals surface area contributed by atoms with Gasteiger partial charge in [-0.2, -0.15) is 0 Å². The van der Waals surface area contributed by atoms with Gasteiger partial charge in [0.2, 0.25) is 0 Å². The van der Waals surface area contributed by atoms with E-state index in [2.05, 4.69) is 26.5 Å². The molecule has 25 nitrogen and oxygen atoms in total. The van der Waals surface area contributed by atoms with E-state index in [1.54, 1.807) is 102 Å². The van der Waals surface area contributed by atoms with E-state index < -0.39 is 64.9 Å². The summed E-state index contributed by atoms with van der Waals surface area (Å²) in [6.45, 7) is 10.8. The molecule has 4 amide bonds. The molecule has 8 heterocycles. The largest absolute Gasteiger partial charge is 0.497 e. The van der Waals surface area contributed by atoms with E-state index in [1.165, 1.54) is 24.3 Å². The Morgan fingerprint density at radius 2 is 0.681 bits per heavy atom. The normalized spacial score (nSPS) is 15.4. The summed E-state index contributed by atoms with van der Waals surface area (Å²) < 4.78 is 57.9. The third-order valence-electron chi connectivity index (χ3n) is 24.8. The number of H-pyrrole nitrogens is 4. The van der Waals surface area contributed by atoms with Crippen molar-refractivity contribution < 1.29 is 86.7 Å². The molecule has 0 aliphatic carbocycles. The van der Waals surface area contributed by atoms with Crippen LogP contribution in [0.5, 0.6) is 40.2 Å². The number of ether oxygens (including phenoxy) is 8. The number of aliphatic hydroxyl groups excluding tert-OH is 4. The Kier molecular flexibility index (Phi) is 30.7. The minimum atomic E-state index is -0.839. The number of aromatic nitrogens is 4. The molecule has 0 spiro atoms. The Bertz CT molecular complexity index is 6880. The van der Waals surface area contributed by atoms with Gasteiger partial charge < -0.3 is 83.2 Å². The molecule has 8 N–H and O–H groups in total. The maximum absolute atomic E-state index is 13.4. The number of amides is 4. The summed E-state index contributed by atoms with van der Waals surface area (Å²) in [7, 11) is 1.60. The van der Waals surface area contributed by atoms with Crippen LogP contribution in [0.4, 0.5) is 18.8 Å². The molecule has 0 saturated heterocycles. The van der Waals surface area contributed by atoms with Crippen molar-refractivity contribution in [1.82, 2.24) is 39.5 Å². The number of benzene rings is 11. The first kappa shape index (κ1) is 97.6. The Hall–Kier alpha value is -13.5. The Morgan fingerprint density at radius 3 is 1.00 bits per heavy atom. The summed E-state index contributed by atoms with van der Waals surface area (Å²) in [5.41, 5.74) is 14.0. The number of carbonyl (C=O) groups is 5. The van der Waals surface area contributed by atoms with Crippen LogP contribution in [0.3, 0.4) is 0 Å². The van der Waals surface area contributed by atoms with Crippen LogP contribution in [0.25, 0.3) is 43.6 Å². The lowest BCUT2D eigenvalue weighted by atomic mass is 9.92. The third-order valence-corrected chi connectivity index (χ3v) is 26.0. The molecule has 4 atom stereocenters. The number of nitrogens with one attached hydrogen (secondary N) is 4. The number of methoxy groups -OCH3 is 1. The van der Waals surface area contributed by atoms with E-state index in [1.807, 2.05) is 176 Å². The van der Waals surface area contributed by atoms with E-state index in [0.717, 1.165) is 122 Å². The van der Waals surface area contributed by atoms with Crippen LogP contribution in [0.1, 0.15) is 112 Å². The van der Waals surface area contributed by atoms with E-state index in [9.17, 15) is 48.8 Å². The van der Waals surface area contributed by atoms with Crippen molar-refractivity contribution >= 4 is 132 Å². The second-order valence-corrected chi connectivity index (χ2v) is 36.7. The molecule has 11 aromatic carbocycles. The first-order chi connectivity index (χ1) is 66.8.